The molecule has 0 radical (unpaired) electrons. The first kappa shape index (κ1) is 27.5. The van der Waals surface area contributed by atoms with Gasteiger partial charge in [-0.15, -0.1) is 0 Å². The number of nitrogens with one attached hydrogen (secondary N) is 1. The van der Waals surface area contributed by atoms with Gasteiger partial charge in [0.2, 0.25) is 5.95 Å². The van der Waals surface area contributed by atoms with Crippen LogP contribution >= 0.6 is 23.2 Å². The summed E-state index contributed by atoms with van der Waals surface area (Å²) in [5.74, 6) is 0.689. The van der Waals surface area contributed by atoms with E-state index in [-0.39, 0.29) is 17.7 Å². The Bertz CT molecular complexity index is 1660. The average molecular weight is 597 g/mol. The Morgan fingerprint density at radius 1 is 1.05 bits per heavy atom. The maximum absolute atomic E-state index is 13.5. The van der Waals surface area contributed by atoms with Gasteiger partial charge in [0.1, 0.15) is 5.60 Å². The number of amides is 1. The molecule has 3 aromatic heterocycles. The van der Waals surface area contributed by atoms with E-state index in [1.54, 1.807) is 35.5 Å². The van der Waals surface area contributed by atoms with Crippen molar-refractivity contribution in [3.63, 3.8) is 0 Å². The highest BCUT2D eigenvalue weighted by molar-refractivity contribution is 6.37. The molecule has 1 aromatic carbocycles. The van der Waals surface area contributed by atoms with E-state index in [1.807, 2.05) is 37.8 Å². The minimum atomic E-state index is -0.513. The van der Waals surface area contributed by atoms with E-state index in [0.717, 1.165) is 36.9 Å². The van der Waals surface area contributed by atoms with Gasteiger partial charge in [-0.3, -0.25) is 14.0 Å². The van der Waals surface area contributed by atoms with Crippen LogP contribution in [0.4, 0.5) is 16.4 Å². The molecule has 2 aliphatic rings. The zero-order chi connectivity index (χ0) is 28.9. The number of pyridine rings is 1. The zero-order valence-electron chi connectivity index (χ0n) is 23.1. The summed E-state index contributed by atoms with van der Waals surface area (Å²) in [6.45, 7) is 6.82. The summed E-state index contributed by atoms with van der Waals surface area (Å²) < 4.78 is 8.92. The monoisotopic (exact) mass is 595 g/mol. The van der Waals surface area contributed by atoms with Crippen LogP contribution in [0.5, 0.6) is 0 Å². The second-order valence-corrected chi connectivity index (χ2v) is 12.4. The van der Waals surface area contributed by atoms with E-state index in [4.69, 9.17) is 32.9 Å². The largest absolute Gasteiger partial charge is 0.444 e. The molecule has 2 fully saturated rings. The Hall–Kier alpha value is -3.63. The normalized spacial score (nSPS) is 16.3. The summed E-state index contributed by atoms with van der Waals surface area (Å²) in [5.41, 5.74) is 1.99. The molecule has 1 saturated carbocycles. The fraction of sp³-hybridized carbons (Fsp3) is 0.414. The first-order valence-electron chi connectivity index (χ1n) is 13.7. The van der Waals surface area contributed by atoms with Gasteiger partial charge in [-0.25, -0.2) is 14.8 Å². The lowest BCUT2D eigenvalue weighted by Crippen LogP contribution is -2.42. The number of nitrogens with zero attached hydrogens (tertiary/aromatic N) is 6. The van der Waals surface area contributed by atoms with E-state index in [0.29, 0.717) is 51.6 Å². The van der Waals surface area contributed by atoms with Gasteiger partial charge in [0.05, 0.1) is 44.6 Å². The maximum Gasteiger partial charge on any atom is 0.410 e. The van der Waals surface area contributed by atoms with E-state index >= 15 is 0 Å². The van der Waals surface area contributed by atoms with E-state index in [1.165, 1.54) is 4.57 Å². The topological polar surface area (TPSA) is 107 Å². The standard InChI is InChI=1S/C29H31Cl2N7O3/c1-29(2,3)41-28(40)36-11-9-19(10-12-36)38-15-18(13-33-38)34-27-32-14-20-24(35-27)21(17-7-8-17)16-37(26(20)39)25-22(30)5-4-6-23(25)31/h4-6,13-17,19H,7-12H2,1-3H3,(H,32,34,35). The van der Waals surface area contributed by atoms with Crippen molar-refractivity contribution in [2.75, 3.05) is 18.4 Å². The molecule has 6 rings (SSSR count). The summed E-state index contributed by atoms with van der Waals surface area (Å²) >= 11 is 12.9. The van der Waals surface area contributed by atoms with Crippen molar-refractivity contribution >= 4 is 51.8 Å². The summed E-state index contributed by atoms with van der Waals surface area (Å²) in [6.07, 6.45) is 10.3. The number of aromatic nitrogens is 5. The van der Waals surface area contributed by atoms with Crippen LogP contribution in [0.15, 0.2) is 47.8 Å². The van der Waals surface area contributed by atoms with Gasteiger partial charge in [-0.05, 0) is 70.1 Å². The number of rotatable bonds is 5. The Kier molecular flexibility index (Phi) is 7.15. The third kappa shape index (κ3) is 5.76. The molecule has 0 bridgehead atoms. The number of hydrogen-bond donors (Lipinski definition) is 1. The second-order valence-electron chi connectivity index (χ2n) is 11.6. The molecular weight excluding hydrogens is 565 g/mol. The minimum Gasteiger partial charge on any atom is -0.444 e. The summed E-state index contributed by atoms with van der Waals surface area (Å²) in [7, 11) is 0. The SMILES string of the molecule is CC(C)(C)OC(=O)N1CCC(n2cc(Nc3ncc4c(=O)n(-c5c(Cl)cccc5Cl)cc(C5CC5)c4n3)cn2)CC1. The van der Waals surface area contributed by atoms with E-state index < -0.39 is 5.60 Å². The fourth-order valence-electron chi connectivity index (χ4n) is 5.16. The van der Waals surface area contributed by atoms with Gasteiger partial charge >= 0.3 is 6.09 Å². The average Bonchev–Trinajstić information content (AvgIpc) is 3.66. The van der Waals surface area contributed by atoms with E-state index in [2.05, 4.69) is 15.4 Å². The Morgan fingerprint density at radius 2 is 1.76 bits per heavy atom. The molecule has 1 N–H and O–H groups in total. The number of anilines is 2. The smallest absolute Gasteiger partial charge is 0.410 e. The van der Waals surface area contributed by atoms with Crippen LogP contribution in [0.1, 0.15) is 64.0 Å². The quantitative estimate of drug-likeness (QED) is 0.281. The number of hydrogen-bond acceptors (Lipinski definition) is 7. The van der Waals surface area contributed by atoms with Crippen LogP contribution in [-0.4, -0.2) is 54.0 Å². The Balaban J connectivity index is 1.21. The van der Waals surface area contributed by atoms with Gasteiger partial charge in [0.15, 0.2) is 0 Å². The van der Waals surface area contributed by atoms with Crippen LogP contribution in [0, 0.1) is 0 Å². The molecule has 41 heavy (non-hydrogen) atoms. The van der Waals surface area contributed by atoms with Gasteiger partial charge in [-0.1, -0.05) is 29.3 Å². The minimum absolute atomic E-state index is 0.165. The Morgan fingerprint density at radius 3 is 2.41 bits per heavy atom. The number of benzene rings is 1. The number of halogens is 2. The fourth-order valence-corrected chi connectivity index (χ4v) is 5.74. The maximum atomic E-state index is 13.5. The van der Waals surface area contributed by atoms with Crippen LogP contribution in [-0.2, 0) is 4.74 Å². The lowest BCUT2D eigenvalue weighted by atomic mass is 10.1. The predicted molar refractivity (Wildman–Crippen MR) is 159 cm³/mol. The zero-order valence-corrected chi connectivity index (χ0v) is 24.6. The molecular formula is C29H31Cl2N7O3. The number of carbonyl (C=O) groups excluding carboxylic acids is 1. The first-order valence-corrected chi connectivity index (χ1v) is 14.5. The van der Waals surface area contributed by atoms with E-state index in [9.17, 15) is 9.59 Å². The summed E-state index contributed by atoms with van der Waals surface area (Å²) in [6, 6.07) is 5.34. The van der Waals surface area contributed by atoms with Crippen molar-refractivity contribution < 1.29 is 9.53 Å². The highest BCUT2D eigenvalue weighted by atomic mass is 35.5. The van der Waals surface area contributed by atoms with Crippen molar-refractivity contribution in [3.8, 4) is 5.69 Å². The molecule has 1 aliphatic heterocycles. The number of likely N-dealkylation sites (tertiary alicyclic amines) is 1. The number of ether oxygens (including phenoxy) is 1. The third-order valence-corrected chi connectivity index (χ3v) is 7.93. The Labute approximate surface area is 247 Å². The summed E-state index contributed by atoms with van der Waals surface area (Å²) in [4.78, 5) is 36.9. The van der Waals surface area contributed by atoms with Crippen LogP contribution in [0.2, 0.25) is 10.0 Å². The molecule has 1 saturated heterocycles. The van der Waals surface area contributed by atoms with Crippen molar-refractivity contribution in [2.24, 2.45) is 0 Å². The van der Waals surface area contributed by atoms with Gasteiger partial charge in [-0.2, -0.15) is 5.10 Å². The number of fused-ring (bicyclic) bond motifs is 1. The van der Waals surface area contributed by atoms with Crippen molar-refractivity contribution in [1.29, 1.82) is 0 Å². The molecule has 1 amide bonds. The number of piperidine rings is 1. The van der Waals surface area contributed by atoms with Crippen molar-refractivity contribution in [2.45, 2.75) is 64.0 Å². The van der Waals surface area contributed by atoms with Crippen molar-refractivity contribution in [3.05, 3.63) is 68.9 Å². The predicted octanol–water partition coefficient (Wildman–Crippen LogP) is 6.48. The molecule has 214 valence electrons. The molecule has 0 spiro atoms. The molecule has 4 heterocycles. The lowest BCUT2D eigenvalue weighted by Gasteiger charge is -2.33. The molecule has 4 aromatic rings. The lowest BCUT2D eigenvalue weighted by molar-refractivity contribution is 0.0185. The highest BCUT2D eigenvalue weighted by Crippen LogP contribution is 2.43. The number of carbonyl (C=O) groups is 1. The van der Waals surface area contributed by atoms with Crippen LogP contribution in [0.3, 0.4) is 0 Å². The van der Waals surface area contributed by atoms with Crippen LogP contribution < -0.4 is 10.9 Å². The molecule has 12 heteroatoms. The molecule has 0 unspecified atom stereocenters. The summed E-state index contributed by atoms with van der Waals surface area (Å²) in [5, 5.41) is 8.98. The molecule has 10 nitrogen and oxygen atoms in total. The molecule has 0 atom stereocenters. The van der Waals surface area contributed by atoms with Gasteiger partial charge in [0, 0.05) is 31.7 Å². The third-order valence-electron chi connectivity index (χ3n) is 7.32. The second kappa shape index (κ2) is 10.6. The van der Waals surface area contributed by atoms with Gasteiger partial charge in [0.25, 0.3) is 5.56 Å². The highest BCUT2D eigenvalue weighted by Gasteiger charge is 2.30. The first-order chi connectivity index (χ1) is 19.6. The number of para-hydroxylation sites is 1. The van der Waals surface area contributed by atoms with Crippen molar-refractivity contribution in [1.82, 2.24) is 29.2 Å². The van der Waals surface area contributed by atoms with Gasteiger partial charge < -0.3 is 15.0 Å². The molecule has 1 aliphatic carbocycles. The van der Waals surface area contributed by atoms with Crippen LogP contribution in [0.25, 0.3) is 16.6 Å².